The second-order valence-corrected chi connectivity index (χ2v) is 5.69. The number of nitrogens with zero attached hydrogens (tertiary/aromatic N) is 1. The normalized spacial score (nSPS) is 16.3. The van der Waals surface area contributed by atoms with E-state index in [1.54, 1.807) is 11.3 Å². The van der Waals surface area contributed by atoms with Crippen LogP contribution in [0.1, 0.15) is 19.3 Å². The van der Waals surface area contributed by atoms with Gasteiger partial charge in [0, 0.05) is 6.54 Å². The van der Waals surface area contributed by atoms with Crippen LogP contribution < -0.4 is 5.32 Å². The highest BCUT2D eigenvalue weighted by Crippen LogP contribution is 2.33. The fourth-order valence-electron chi connectivity index (χ4n) is 1.92. The number of fused-ring (bicyclic) bond motifs is 1. The molecule has 1 saturated carbocycles. The van der Waals surface area contributed by atoms with Gasteiger partial charge in [-0.15, -0.1) is 0 Å². The summed E-state index contributed by atoms with van der Waals surface area (Å²) in [7, 11) is 0. The van der Waals surface area contributed by atoms with Gasteiger partial charge in [0.25, 0.3) is 0 Å². The predicted octanol–water partition coefficient (Wildman–Crippen LogP) is 4.16. The number of hydrogen-bond donors (Lipinski definition) is 1. The lowest BCUT2D eigenvalue weighted by molar-refractivity contribution is 0.333. The summed E-state index contributed by atoms with van der Waals surface area (Å²) < 4.78 is 1.08. The van der Waals surface area contributed by atoms with E-state index in [0.29, 0.717) is 0 Å². The van der Waals surface area contributed by atoms with Crippen LogP contribution >= 0.6 is 22.9 Å². The number of benzene rings is 1. The van der Waals surface area contributed by atoms with Gasteiger partial charge in [-0.25, -0.2) is 4.98 Å². The fourth-order valence-corrected chi connectivity index (χ4v) is 3.08. The molecule has 1 aliphatic carbocycles. The first-order valence-corrected chi connectivity index (χ1v) is 6.81. The first-order chi connectivity index (χ1) is 7.83. The number of rotatable bonds is 3. The van der Waals surface area contributed by atoms with Gasteiger partial charge >= 0.3 is 0 Å². The molecule has 0 aliphatic heterocycles. The molecule has 2 aromatic rings. The number of halogens is 1. The molecule has 2 nitrogen and oxygen atoms in total. The smallest absolute Gasteiger partial charge is 0.183 e. The van der Waals surface area contributed by atoms with E-state index < -0.39 is 0 Å². The second-order valence-electron chi connectivity index (χ2n) is 4.28. The largest absolute Gasteiger partial charge is 0.361 e. The van der Waals surface area contributed by atoms with E-state index in [1.807, 2.05) is 18.2 Å². The molecular formula is C12H13ClN2S. The van der Waals surface area contributed by atoms with Crippen molar-refractivity contribution in [3.63, 3.8) is 0 Å². The van der Waals surface area contributed by atoms with Gasteiger partial charge in [0.15, 0.2) is 5.13 Å². The number of anilines is 1. The van der Waals surface area contributed by atoms with Crippen LogP contribution in [0.4, 0.5) is 5.13 Å². The zero-order valence-electron chi connectivity index (χ0n) is 8.87. The monoisotopic (exact) mass is 252 g/mol. The molecule has 16 heavy (non-hydrogen) atoms. The lowest BCUT2D eigenvalue weighted by Crippen LogP contribution is -2.20. The summed E-state index contributed by atoms with van der Waals surface area (Å²) in [6.45, 7) is 1.05. The van der Waals surface area contributed by atoms with Crippen molar-refractivity contribution in [2.24, 2.45) is 5.92 Å². The van der Waals surface area contributed by atoms with Gasteiger partial charge in [-0.3, -0.25) is 0 Å². The van der Waals surface area contributed by atoms with Crippen LogP contribution in [0.5, 0.6) is 0 Å². The van der Waals surface area contributed by atoms with Crippen molar-refractivity contribution in [1.82, 2.24) is 4.98 Å². The number of aromatic nitrogens is 1. The van der Waals surface area contributed by atoms with Gasteiger partial charge in [-0.2, -0.15) is 0 Å². The molecule has 84 valence electrons. The van der Waals surface area contributed by atoms with Crippen molar-refractivity contribution >= 4 is 38.3 Å². The summed E-state index contributed by atoms with van der Waals surface area (Å²) in [6, 6.07) is 5.87. The van der Waals surface area contributed by atoms with Crippen molar-refractivity contribution in [1.29, 1.82) is 0 Å². The maximum absolute atomic E-state index is 6.11. The van der Waals surface area contributed by atoms with E-state index in [2.05, 4.69) is 10.3 Å². The summed E-state index contributed by atoms with van der Waals surface area (Å²) in [5, 5.41) is 5.21. The minimum Gasteiger partial charge on any atom is -0.361 e. The van der Waals surface area contributed by atoms with Gasteiger partial charge < -0.3 is 5.32 Å². The highest BCUT2D eigenvalue weighted by molar-refractivity contribution is 7.22. The molecule has 1 aliphatic rings. The average Bonchev–Trinajstić information content (AvgIpc) is 2.60. The number of nitrogens with one attached hydrogen (secondary N) is 1. The van der Waals surface area contributed by atoms with Crippen molar-refractivity contribution in [2.45, 2.75) is 19.3 Å². The van der Waals surface area contributed by atoms with Gasteiger partial charge in [-0.05, 0) is 30.9 Å². The van der Waals surface area contributed by atoms with Crippen LogP contribution in [0, 0.1) is 5.92 Å². The van der Waals surface area contributed by atoms with Crippen molar-refractivity contribution < 1.29 is 0 Å². The molecule has 0 unspecified atom stereocenters. The highest BCUT2D eigenvalue weighted by Gasteiger charge is 2.17. The third-order valence-corrected chi connectivity index (χ3v) is 4.62. The first kappa shape index (κ1) is 10.4. The van der Waals surface area contributed by atoms with E-state index in [4.69, 9.17) is 11.6 Å². The standard InChI is InChI=1S/C12H13ClN2S/c13-9-5-2-6-10-11(9)16-12(15-10)14-7-8-3-1-4-8/h2,5-6,8H,1,3-4,7H2,(H,14,15). The lowest BCUT2D eigenvalue weighted by Gasteiger charge is -2.25. The molecule has 0 amide bonds. The molecule has 1 aromatic carbocycles. The fraction of sp³-hybridized carbons (Fsp3) is 0.417. The van der Waals surface area contributed by atoms with Crippen molar-refractivity contribution in [3.8, 4) is 0 Å². The first-order valence-electron chi connectivity index (χ1n) is 5.62. The minimum atomic E-state index is 0.798. The maximum atomic E-state index is 6.11. The maximum Gasteiger partial charge on any atom is 0.183 e. The van der Waals surface area contributed by atoms with Crippen LogP contribution in [0.15, 0.2) is 18.2 Å². The Morgan fingerprint density at radius 1 is 1.44 bits per heavy atom. The molecule has 0 saturated heterocycles. The minimum absolute atomic E-state index is 0.798. The lowest BCUT2D eigenvalue weighted by atomic mass is 9.86. The van der Waals surface area contributed by atoms with Crippen LogP contribution in [-0.2, 0) is 0 Å². The molecule has 0 bridgehead atoms. The van der Waals surface area contributed by atoms with Crippen LogP contribution in [0.2, 0.25) is 5.02 Å². The van der Waals surface area contributed by atoms with Crippen molar-refractivity contribution in [2.75, 3.05) is 11.9 Å². The topological polar surface area (TPSA) is 24.9 Å². The molecule has 0 spiro atoms. The van der Waals surface area contributed by atoms with Crippen molar-refractivity contribution in [3.05, 3.63) is 23.2 Å². The second kappa shape index (κ2) is 4.22. The molecule has 4 heteroatoms. The van der Waals surface area contributed by atoms with E-state index in [0.717, 1.165) is 32.8 Å². The zero-order chi connectivity index (χ0) is 11.0. The van der Waals surface area contributed by atoms with Crippen LogP contribution in [-0.4, -0.2) is 11.5 Å². The average molecular weight is 253 g/mol. The molecule has 1 heterocycles. The Kier molecular flexibility index (Phi) is 2.74. The van der Waals surface area contributed by atoms with E-state index in [9.17, 15) is 0 Å². The summed E-state index contributed by atoms with van der Waals surface area (Å²) >= 11 is 7.76. The Bertz CT molecular complexity index is 505. The Morgan fingerprint density at radius 2 is 2.31 bits per heavy atom. The molecule has 1 N–H and O–H groups in total. The summed E-state index contributed by atoms with van der Waals surface area (Å²) in [4.78, 5) is 4.53. The SMILES string of the molecule is Clc1cccc2nc(NCC3CCC3)sc12. The van der Waals surface area contributed by atoms with Crippen LogP contribution in [0.25, 0.3) is 10.2 Å². The predicted molar refractivity (Wildman–Crippen MR) is 70.5 cm³/mol. The van der Waals surface area contributed by atoms with E-state index in [-0.39, 0.29) is 0 Å². The quantitative estimate of drug-likeness (QED) is 0.887. The molecule has 0 radical (unpaired) electrons. The van der Waals surface area contributed by atoms with Gasteiger partial charge in [0.1, 0.15) is 0 Å². The third-order valence-electron chi connectivity index (χ3n) is 3.13. The Balaban J connectivity index is 1.79. The van der Waals surface area contributed by atoms with Gasteiger partial charge in [0.2, 0.25) is 0 Å². The van der Waals surface area contributed by atoms with Gasteiger partial charge in [0.05, 0.1) is 15.2 Å². The van der Waals surface area contributed by atoms with Gasteiger partial charge in [-0.1, -0.05) is 35.4 Å². The molecule has 1 aromatic heterocycles. The third kappa shape index (κ3) is 1.89. The zero-order valence-corrected chi connectivity index (χ0v) is 10.4. The molecule has 3 rings (SSSR count). The molecular weight excluding hydrogens is 240 g/mol. The Morgan fingerprint density at radius 3 is 3.00 bits per heavy atom. The van der Waals surface area contributed by atoms with E-state index in [1.165, 1.54) is 19.3 Å². The van der Waals surface area contributed by atoms with E-state index >= 15 is 0 Å². The van der Waals surface area contributed by atoms with Crippen LogP contribution in [0.3, 0.4) is 0 Å². The highest BCUT2D eigenvalue weighted by atomic mass is 35.5. The molecule has 1 fully saturated rings. The summed E-state index contributed by atoms with van der Waals surface area (Å²) in [6.07, 6.45) is 4.11. The Labute approximate surface area is 104 Å². The summed E-state index contributed by atoms with van der Waals surface area (Å²) in [5.41, 5.74) is 0.994. The number of hydrogen-bond acceptors (Lipinski definition) is 3. The molecule has 0 atom stereocenters. The number of thiazole rings is 1. The Hall–Kier alpha value is -0.800. The summed E-state index contributed by atoms with van der Waals surface area (Å²) in [5.74, 6) is 0.850.